The summed E-state index contributed by atoms with van der Waals surface area (Å²) >= 11 is 0. The van der Waals surface area contributed by atoms with Crippen molar-refractivity contribution in [1.29, 1.82) is 5.26 Å². The molecule has 0 aliphatic rings. The maximum Gasteiger partial charge on any atom is 0.144 e. The molecule has 0 aliphatic carbocycles. The van der Waals surface area contributed by atoms with Crippen LogP contribution in [-0.2, 0) is 6.54 Å². The van der Waals surface area contributed by atoms with Crippen LogP contribution in [0.2, 0.25) is 0 Å². The molecule has 0 aliphatic heterocycles. The summed E-state index contributed by atoms with van der Waals surface area (Å²) in [7, 11) is 1.84. The third kappa shape index (κ3) is 2.81. The minimum absolute atomic E-state index is 0.589. The number of benzene rings is 1. The molecule has 0 fully saturated rings. The van der Waals surface area contributed by atoms with E-state index in [0.29, 0.717) is 23.8 Å². The van der Waals surface area contributed by atoms with Crippen LogP contribution in [0.15, 0.2) is 36.5 Å². The van der Waals surface area contributed by atoms with E-state index in [1.165, 1.54) is 0 Å². The topological polar surface area (TPSA) is 73.6 Å². The van der Waals surface area contributed by atoms with Crippen LogP contribution in [0.5, 0.6) is 0 Å². The zero-order chi connectivity index (χ0) is 12.8. The standard InChI is InChI=1S/C13H13N5/c1-15-9-13-16-7-6-12(18-13)17-11-5-3-2-4-10(11)8-14/h2-7,15H,9H2,1H3,(H,16,17,18). The predicted octanol–water partition coefficient (Wildman–Crippen LogP) is 1.81. The van der Waals surface area contributed by atoms with E-state index >= 15 is 0 Å². The van der Waals surface area contributed by atoms with E-state index < -0.39 is 0 Å². The van der Waals surface area contributed by atoms with E-state index in [-0.39, 0.29) is 0 Å². The lowest BCUT2D eigenvalue weighted by molar-refractivity contribution is 0.759. The van der Waals surface area contributed by atoms with Crippen molar-refractivity contribution in [1.82, 2.24) is 15.3 Å². The quantitative estimate of drug-likeness (QED) is 0.851. The van der Waals surface area contributed by atoms with E-state index in [0.717, 1.165) is 5.69 Å². The molecule has 0 radical (unpaired) electrons. The summed E-state index contributed by atoms with van der Waals surface area (Å²) in [5.74, 6) is 1.38. The third-order valence-corrected chi connectivity index (χ3v) is 2.35. The number of rotatable bonds is 4. The first-order chi connectivity index (χ1) is 8.83. The van der Waals surface area contributed by atoms with Crippen LogP contribution in [-0.4, -0.2) is 17.0 Å². The number of aromatic nitrogens is 2. The highest BCUT2D eigenvalue weighted by Gasteiger charge is 2.03. The second-order valence-electron chi connectivity index (χ2n) is 3.67. The average Bonchev–Trinajstić information content (AvgIpc) is 2.40. The molecule has 1 aromatic heterocycles. The number of nitrogens with one attached hydrogen (secondary N) is 2. The molecule has 5 heteroatoms. The van der Waals surface area contributed by atoms with Gasteiger partial charge in [-0.15, -0.1) is 0 Å². The van der Waals surface area contributed by atoms with Crippen LogP contribution < -0.4 is 10.6 Å². The van der Waals surface area contributed by atoms with Crippen LogP contribution in [0.1, 0.15) is 11.4 Å². The molecule has 0 bridgehead atoms. The molecule has 1 heterocycles. The highest BCUT2D eigenvalue weighted by Crippen LogP contribution is 2.18. The summed E-state index contributed by atoms with van der Waals surface area (Å²) in [6.45, 7) is 0.607. The van der Waals surface area contributed by atoms with Crippen LogP contribution in [0.25, 0.3) is 0 Å². The number of hydrogen-bond donors (Lipinski definition) is 2. The number of hydrogen-bond acceptors (Lipinski definition) is 5. The van der Waals surface area contributed by atoms with Gasteiger partial charge in [0.1, 0.15) is 17.7 Å². The Kier molecular flexibility index (Phi) is 3.84. The van der Waals surface area contributed by atoms with E-state index in [2.05, 4.69) is 26.7 Å². The Hall–Kier alpha value is -2.45. The van der Waals surface area contributed by atoms with Gasteiger partial charge in [0, 0.05) is 6.20 Å². The van der Waals surface area contributed by atoms with Crippen molar-refractivity contribution >= 4 is 11.5 Å². The largest absolute Gasteiger partial charge is 0.339 e. The molecule has 0 spiro atoms. The molecule has 5 nitrogen and oxygen atoms in total. The molecule has 1 aromatic carbocycles. The Bertz CT molecular complexity index is 574. The van der Waals surface area contributed by atoms with E-state index in [9.17, 15) is 0 Å². The minimum Gasteiger partial charge on any atom is -0.339 e. The summed E-state index contributed by atoms with van der Waals surface area (Å²) in [6, 6.07) is 11.2. The van der Waals surface area contributed by atoms with Gasteiger partial charge >= 0.3 is 0 Å². The van der Waals surface area contributed by atoms with Gasteiger partial charge in [-0.05, 0) is 25.2 Å². The van der Waals surface area contributed by atoms with Crippen molar-refractivity contribution in [3.8, 4) is 6.07 Å². The number of nitriles is 1. The fraction of sp³-hybridized carbons (Fsp3) is 0.154. The monoisotopic (exact) mass is 239 g/mol. The van der Waals surface area contributed by atoms with E-state index in [4.69, 9.17) is 5.26 Å². The first-order valence-electron chi connectivity index (χ1n) is 5.56. The summed E-state index contributed by atoms with van der Waals surface area (Å²) in [4.78, 5) is 8.47. The maximum absolute atomic E-state index is 9.00. The highest BCUT2D eigenvalue weighted by molar-refractivity contribution is 5.64. The Balaban J connectivity index is 2.23. The Morgan fingerprint density at radius 2 is 2.11 bits per heavy atom. The third-order valence-electron chi connectivity index (χ3n) is 2.35. The normalized spacial score (nSPS) is 9.78. The van der Waals surface area contributed by atoms with E-state index in [1.807, 2.05) is 25.2 Å². The Morgan fingerprint density at radius 1 is 1.28 bits per heavy atom. The van der Waals surface area contributed by atoms with Gasteiger partial charge < -0.3 is 10.6 Å². The van der Waals surface area contributed by atoms with Crippen LogP contribution >= 0.6 is 0 Å². The molecule has 90 valence electrons. The SMILES string of the molecule is CNCc1nccc(Nc2ccccc2C#N)n1. The van der Waals surface area contributed by atoms with Gasteiger partial charge in [0.2, 0.25) is 0 Å². The van der Waals surface area contributed by atoms with Crippen LogP contribution in [0.3, 0.4) is 0 Å². The lowest BCUT2D eigenvalue weighted by Gasteiger charge is -2.08. The molecule has 0 atom stereocenters. The summed E-state index contributed by atoms with van der Waals surface area (Å²) in [6.07, 6.45) is 1.69. The van der Waals surface area contributed by atoms with Crippen molar-refractivity contribution in [3.63, 3.8) is 0 Å². The molecule has 2 rings (SSSR count). The van der Waals surface area contributed by atoms with Gasteiger partial charge in [-0.25, -0.2) is 9.97 Å². The molecule has 0 saturated carbocycles. The fourth-order valence-electron chi connectivity index (χ4n) is 1.54. The van der Waals surface area contributed by atoms with Gasteiger partial charge in [-0.2, -0.15) is 5.26 Å². The first kappa shape index (κ1) is 12.0. The molecular formula is C13H13N5. The molecule has 0 amide bonds. The smallest absolute Gasteiger partial charge is 0.144 e. The van der Waals surface area contributed by atoms with Crippen molar-refractivity contribution in [2.24, 2.45) is 0 Å². The Morgan fingerprint density at radius 3 is 2.89 bits per heavy atom. The lowest BCUT2D eigenvalue weighted by Crippen LogP contribution is -2.09. The maximum atomic E-state index is 9.00. The summed E-state index contributed by atoms with van der Waals surface area (Å²) in [5.41, 5.74) is 1.33. The molecule has 18 heavy (non-hydrogen) atoms. The first-order valence-corrected chi connectivity index (χ1v) is 5.56. The number of nitrogens with zero attached hydrogens (tertiary/aromatic N) is 3. The summed E-state index contributed by atoms with van der Waals surface area (Å²) < 4.78 is 0. The van der Waals surface area contributed by atoms with Crippen LogP contribution in [0.4, 0.5) is 11.5 Å². The molecule has 2 aromatic rings. The van der Waals surface area contributed by atoms with Crippen LogP contribution in [0, 0.1) is 11.3 Å². The fourth-order valence-corrected chi connectivity index (χ4v) is 1.54. The Labute approximate surface area is 106 Å². The van der Waals surface area contributed by atoms with Crippen molar-refractivity contribution in [3.05, 3.63) is 47.9 Å². The highest BCUT2D eigenvalue weighted by atomic mass is 15.0. The van der Waals surface area contributed by atoms with Gasteiger partial charge in [0.15, 0.2) is 0 Å². The van der Waals surface area contributed by atoms with Gasteiger partial charge in [0.25, 0.3) is 0 Å². The second-order valence-corrected chi connectivity index (χ2v) is 3.67. The van der Waals surface area contributed by atoms with Gasteiger partial charge in [-0.1, -0.05) is 12.1 Å². The second kappa shape index (κ2) is 5.75. The van der Waals surface area contributed by atoms with Gasteiger partial charge in [0.05, 0.1) is 17.8 Å². The van der Waals surface area contributed by atoms with Crippen molar-refractivity contribution < 1.29 is 0 Å². The lowest BCUT2D eigenvalue weighted by atomic mass is 10.2. The number of para-hydroxylation sites is 1. The summed E-state index contributed by atoms with van der Waals surface area (Å²) in [5, 5.41) is 15.1. The van der Waals surface area contributed by atoms with Crippen molar-refractivity contribution in [2.75, 3.05) is 12.4 Å². The average molecular weight is 239 g/mol. The predicted molar refractivity (Wildman–Crippen MR) is 69.2 cm³/mol. The number of anilines is 2. The zero-order valence-corrected chi connectivity index (χ0v) is 10.0. The molecule has 2 N–H and O–H groups in total. The van der Waals surface area contributed by atoms with E-state index in [1.54, 1.807) is 18.3 Å². The minimum atomic E-state index is 0.589. The zero-order valence-electron chi connectivity index (χ0n) is 10.0. The molecule has 0 saturated heterocycles. The molecule has 0 unspecified atom stereocenters. The van der Waals surface area contributed by atoms with Gasteiger partial charge in [-0.3, -0.25) is 0 Å². The molecular weight excluding hydrogens is 226 g/mol. The van der Waals surface area contributed by atoms with Crippen molar-refractivity contribution in [2.45, 2.75) is 6.54 Å².